The van der Waals surface area contributed by atoms with Crippen molar-refractivity contribution in [2.45, 2.75) is 33.4 Å². The predicted octanol–water partition coefficient (Wildman–Crippen LogP) is 4.22. The number of aryl methyl sites for hydroxylation is 1. The van der Waals surface area contributed by atoms with Crippen molar-refractivity contribution in [3.63, 3.8) is 0 Å². The smallest absolute Gasteiger partial charge is 0.252 e. The number of aromatic nitrogens is 1. The monoisotopic (exact) mass is 476 g/mol. The van der Waals surface area contributed by atoms with Gasteiger partial charge in [-0.25, -0.2) is 4.98 Å². The normalized spacial score (nSPS) is 15.4. The van der Waals surface area contributed by atoms with E-state index in [1.807, 2.05) is 62.1 Å². The average Bonchev–Trinajstić information content (AvgIpc) is 3.31. The van der Waals surface area contributed by atoms with Gasteiger partial charge < -0.3 is 10.2 Å². The van der Waals surface area contributed by atoms with Gasteiger partial charge >= 0.3 is 0 Å². The van der Waals surface area contributed by atoms with Crippen molar-refractivity contribution in [1.29, 1.82) is 0 Å². The molecule has 2 aromatic carbocycles. The number of amides is 2. The molecule has 0 spiro atoms. The van der Waals surface area contributed by atoms with E-state index in [0.29, 0.717) is 18.7 Å². The summed E-state index contributed by atoms with van der Waals surface area (Å²) in [5, 5.41) is 6.14. The minimum Gasteiger partial charge on any atom is -0.340 e. The molecule has 178 valence electrons. The van der Waals surface area contributed by atoms with Crippen LogP contribution < -0.4 is 5.32 Å². The summed E-state index contributed by atoms with van der Waals surface area (Å²) in [5.74, 6) is -0.192. The molecule has 1 aromatic heterocycles. The average molecular weight is 477 g/mol. The van der Waals surface area contributed by atoms with Crippen LogP contribution >= 0.6 is 11.3 Å². The molecule has 0 bridgehead atoms. The second-order valence-corrected chi connectivity index (χ2v) is 9.98. The van der Waals surface area contributed by atoms with Crippen LogP contribution in [0.25, 0.3) is 10.6 Å². The van der Waals surface area contributed by atoms with Crippen LogP contribution in [-0.4, -0.2) is 58.8 Å². The fraction of sp³-hybridized carbons (Fsp3) is 0.370. The highest BCUT2D eigenvalue weighted by atomic mass is 32.1. The zero-order valence-corrected chi connectivity index (χ0v) is 20.8. The number of benzene rings is 2. The molecule has 0 radical (unpaired) electrons. The lowest BCUT2D eigenvalue weighted by Crippen LogP contribution is -2.56. The lowest BCUT2D eigenvalue weighted by molar-refractivity contribution is -0.136. The molecule has 3 aromatic rings. The Morgan fingerprint density at radius 1 is 1.00 bits per heavy atom. The van der Waals surface area contributed by atoms with Crippen molar-refractivity contribution in [2.24, 2.45) is 5.92 Å². The zero-order chi connectivity index (χ0) is 24.1. The Hall–Kier alpha value is -3.03. The summed E-state index contributed by atoms with van der Waals surface area (Å²) in [7, 11) is 0. The van der Waals surface area contributed by atoms with E-state index >= 15 is 0 Å². The van der Waals surface area contributed by atoms with Crippen molar-refractivity contribution >= 4 is 23.2 Å². The van der Waals surface area contributed by atoms with Gasteiger partial charge in [0.15, 0.2) is 0 Å². The molecular weight excluding hydrogens is 444 g/mol. The molecule has 0 unspecified atom stereocenters. The van der Waals surface area contributed by atoms with Gasteiger partial charge in [0, 0.05) is 49.2 Å². The summed E-state index contributed by atoms with van der Waals surface area (Å²) in [6.45, 7) is 9.53. The van der Waals surface area contributed by atoms with Gasteiger partial charge in [0.1, 0.15) is 11.0 Å². The van der Waals surface area contributed by atoms with Crippen LogP contribution in [0.3, 0.4) is 0 Å². The highest BCUT2D eigenvalue weighted by molar-refractivity contribution is 7.13. The van der Waals surface area contributed by atoms with Crippen LogP contribution in [0.4, 0.5) is 0 Å². The van der Waals surface area contributed by atoms with E-state index in [4.69, 9.17) is 4.98 Å². The molecule has 6 nitrogen and oxygen atoms in total. The highest BCUT2D eigenvalue weighted by Crippen LogP contribution is 2.24. The minimum atomic E-state index is -0.536. The van der Waals surface area contributed by atoms with E-state index in [1.54, 1.807) is 17.4 Å². The van der Waals surface area contributed by atoms with Gasteiger partial charge in [0.05, 0.1) is 5.69 Å². The molecule has 1 N–H and O–H groups in total. The number of thiazole rings is 1. The summed E-state index contributed by atoms with van der Waals surface area (Å²) in [4.78, 5) is 35.1. The Labute approximate surface area is 205 Å². The number of hydrogen-bond donors (Lipinski definition) is 1. The van der Waals surface area contributed by atoms with Crippen LogP contribution in [0.5, 0.6) is 0 Å². The Balaban J connectivity index is 1.32. The van der Waals surface area contributed by atoms with Crippen LogP contribution in [-0.2, 0) is 11.3 Å². The van der Waals surface area contributed by atoms with E-state index in [0.717, 1.165) is 41.5 Å². The van der Waals surface area contributed by atoms with E-state index in [9.17, 15) is 9.59 Å². The first-order chi connectivity index (χ1) is 16.4. The molecule has 34 heavy (non-hydrogen) atoms. The van der Waals surface area contributed by atoms with E-state index < -0.39 is 6.04 Å². The van der Waals surface area contributed by atoms with Crippen LogP contribution in [0.2, 0.25) is 0 Å². The minimum absolute atomic E-state index is 0.00314. The third-order valence-electron chi connectivity index (χ3n) is 6.25. The summed E-state index contributed by atoms with van der Waals surface area (Å²) >= 11 is 1.67. The van der Waals surface area contributed by atoms with Crippen LogP contribution in [0.1, 0.15) is 35.5 Å². The molecule has 0 saturated carbocycles. The molecule has 2 heterocycles. The maximum absolute atomic E-state index is 13.3. The third kappa shape index (κ3) is 5.72. The maximum Gasteiger partial charge on any atom is 0.252 e. The Bertz CT molecular complexity index is 1120. The number of nitrogens with zero attached hydrogens (tertiary/aromatic N) is 3. The standard InChI is InChI=1S/C27H32N4O2S/c1-19(2)24(29-25(32)23-12-8-7-9-20(23)3)27(33)31-15-13-30(14-16-31)17-22-18-34-26(28-22)21-10-5-4-6-11-21/h4-12,18-19,24H,13-17H2,1-3H3,(H,29,32)/t24-/m0/s1. The van der Waals surface area contributed by atoms with Gasteiger partial charge in [0.25, 0.3) is 5.91 Å². The van der Waals surface area contributed by atoms with Gasteiger partial charge in [-0.15, -0.1) is 11.3 Å². The quantitative estimate of drug-likeness (QED) is 0.555. The predicted molar refractivity (Wildman–Crippen MR) is 137 cm³/mol. The zero-order valence-electron chi connectivity index (χ0n) is 20.0. The first kappa shape index (κ1) is 24.1. The lowest BCUT2D eigenvalue weighted by atomic mass is 10.0. The second kappa shape index (κ2) is 10.9. The van der Waals surface area contributed by atoms with Crippen molar-refractivity contribution in [3.05, 3.63) is 76.8 Å². The lowest BCUT2D eigenvalue weighted by Gasteiger charge is -2.37. The van der Waals surface area contributed by atoms with Crippen molar-refractivity contribution < 1.29 is 9.59 Å². The van der Waals surface area contributed by atoms with E-state index in [2.05, 4.69) is 27.7 Å². The molecule has 1 aliphatic heterocycles. The molecule has 1 atom stereocenters. The van der Waals surface area contributed by atoms with E-state index in [1.165, 1.54) is 0 Å². The SMILES string of the molecule is Cc1ccccc1C(=O)N[C@H](C(=O)N1CCN(Cc2csc(-c3ccccc3)n2)CC1)C(C)C. The largest absolute Gasteiger partial charge is 0.340 e. The van der Waals surface area contributed by atoms with Gasteiger partial charge in [-0.1, -0.05) is 62.4 Å². The Morgan fingerprint density at radius 2 is 1.68 bits per heavy atom. The highest BCUT2D eigenvalue weighted by Gasteiger charge is 2.31. The van der Waals surface area contributed by atoms with E-state index in [-0.39, 0.29) is 17.7 Å². The number of nitrogens with one attached hydrogen (secondary N) is 1. The summed E-state index contributed by atoms with van der Waals surface area (Å²) in [5.41, 5.74) is 3.72. The molecular formula is C27H32N4O2S. The fourth-order valence-corrected chi connectivity index (χ4v) is 5.02. The maximum atomic E-state index is 13.3. The van der Waals surface area contributed by atoms with Crippen LogP contribution in [0.15, 0.2) is 60.0 Å². The first-order valence-electron chi connectivity index (χ1n) is 11.8. The third-order valence-corrected chi connectivity index (χ3v) is 7.19. The summed E-state index contributed by atoms with van der Waals surface area (Å²) in [6, 6.07) is 17.1. The number of carbonyl (C=O) groups excluding carboxylic acids is 2. The van der Waals surface area contributed by atoms with Gasteiger partial charge in [-0.2, -0.15) is 0 Å². The second-order valence-electron chi connectivity index (χ2n) is 9.12. The van der Waals surface area contributed by atoms with Gasteiger partial charge in [0.2, 0.25) is 5.91 Å². The molecule has 1 aliphatic rings. The number of carbonyl (C=O) groups is 2. The first-order valence-corrected chi connectivity index (χ1v) is 12.7. The Morgan fingerprint density at radius 3 is 2.35 bits per heavy atom. The summed E-state index contributed by atoms with van der Waals surface area (Å²) < 4.78 is 0. The molecule has 2 amide bonds. The van der Waals surface area contributed by atoms with Crippen molar-refractivity contribution in [1.82, 2.24) is 20.1 Å². The number of piperazine rings is 1. The molecule has 1 saturated heterocycles. The van der Waals surface area contributed by atoms with Crippen molar-refractivity contribution in [2.75, 3.05) is 26.2 Å². The number of hydrogen-bond acceptors (Lipinski definition) is 5. The fourth-order valence-electron chi connectivity index (χ4n) is 4.21. The van der Waals surface area contributed by atoms with Gasteiger partial charge in [-0.3, -0.25) is 14.5 Å². The summed E-state index contributed by atoms with van der Waals surface area (Å²) in [6.07, 6.45) is 0. The topological polar surface area (TPSA) is 65.5 Å². The van der Waals surface area contributed by atoms with Crippen molar-refractivity contribution in [3.8, 4) is 10.6 Å². The Kier molecular flexibility index (Phi) is 7.75. The molecule has 1 fully saturated rings. The molecule has 0 aliphatic carbocycles. The number of rotatable bonds is 7. The van der Waals surface area contributed by atoms with Gasteiger partial charge in [-0.05, 0) is 24.5 Å². The molecule has 4 rings (SSSR count). The molecule has 7 heteroatoms. The van der Waals surface area contributed by atoms with Crippen LogP contribution in [0, 0.1) is 12.8 Å².